The van der Waals surface area contributed by atoms with Gasteiger partial charge < -0.3 is 10.1 Å². The van der Waals surface area contributed by atoms with Gasteiger partial charge in [0.15, 0.2) is 0 Å². The second-order valence-corrected chi connectivity index (χ2v) is 6.38. The van der Waals surface area contributed by atoms with Crippen molar-refractivity contribution in [2.45, 2.75) is 58.8 Å². The van der Waals surface area contributed by atoms with E-state index in [0.717, 1.165) is 24.8 Å². The molecule has 0 spiro atoms. The molecule has 0 aliphatic rings. The fraction of sp³-hybridized carbons (Fsp3) is 0.550. The van der Waals surface area contributed by atoms with Gasteiger partial charge in [0.25, 0.3) is 0 Å². The Morgan fingerprint density at radius 2 is 1.96 bits per heavy atom. The van der Waals surface area contributed by atoms with E-state index < -0.39 is 0 Å². The van der Waals surface area contributed by atoms with Crippen LogP contribution in [0.1, 0.15) is 58.8 Å². The van der Waals surface area contributed by atoms with E-state index in [-0.39, 0.29) is 11.8 Å². The summed E-state index contributed by atoms with van der Waals surface area (Å²) in [4.78, 5) is 21.4. The number of rotatable bonds is 10. The maximum Gasteiger partial charge on any atom is 0.227 e. The highest BCUT2D eigenvalue weighted by Crippen LogP contribution is 2.24. The van der Waals surface area contributed by atoms with E-state index in [1.807, 2.05) is 6.07 Å². The highest BCUT2D eigenvalue weighted by molar-refractivity contribution is 6.00. The van der Waals surface area contributed by atoms with Gasteiger partial charge in [-0.25, -0.2) is 4.98 Å². The van der Waals surface area contributed by atoms with E-state index in [4.69, 9.17) is 4.74 Å². The summed E-state index contributed by atoms with van der Waals surface area (Å²) >= 11 is 0. The van der Waals surface area contributed by atoms with Crippen LogP contribution in [0, 0.1) is 5.92 Å². The number of carbonyl (C=O) groups excluding carboxylic acids is 1. The number of hydrogen-bond donors (Lipinski definition) is 1. The number of hydrogen-bond acceptors (Lipinski definition) is 4. The summed E-state index contributed by atoms with van der Waals surface area (Å²) in [6, 6.07) is 5.41. The molecular weight excluding hydrogens is 314 g/mol. The lowest BCUT2D eigenvalue weighted by Crippen LogP contribution is -2.22. The predicted molar refractivity (Wildman–Crippen MR) is 102 cm³/mol. The van der Waals surface area contributed by atoms with E-state index in [1.54, 1.807) is 25.4 Å². The monoisotopic (exact) mass is 343 g/mol. The summed E-state index contributed by atoms with van der Waals surface area (Å²) in [5.41, 5.74) is 2.09. The Balaban J connectivity index is 2.04. The quantitative estimate of drug-likeness (QED) is 0.619. The lowest BCUT2D eigenvalue weighted by molar-refractivity contribution is -0.120. The number of pyridine rings is 2. The number of aromatic nitrogens is 2. The molecule has 2 heterocycles. The highest BCUT2D eigenvalue weighted by Gasteiger charge is 2.17. The number of nitrogens with one attached hydrogen (secondary N) is 1. The normalized spacial score (nSPS) is 12.1. The maximum atomic E-state index is 12.7. The molecule has 1 amide bonds. The summed E-state index contributed by atoms with van der Waals surface area (Å²) < 4.78 is 5.18. The van der Waals surface area contributed by atoms with Crippen molar-refractivity contribution in [2.75, 3.05) is 12.4 Å². The van der Waals surface area contributed by atoms with E-state index in [9.17, 15) is 4.79 Å². The molecule has 136 valence electrons. The van der Waals surface area contributed by atoms with Gasteiger partial charge in [-0.05, 0) is 25.0 Å². The van der Waals surface area contributed by atoms with Gasteiger partial charge in [0, 0.05) is 18.2 Å². The predicted octanol–water partition coefficient (Wildman–Crippen LogP) is 4.96. The highest BCUT2D eigenvalue weighted by atomic mass is 16.5. The topological polar surface area (TPSA) is 64.1 Å². The fourth-order valence-corrected chi connectivity index (χ4v) is 2.97. The number of carbonyl (C=O) groups is 1. The van der Waals surface area contributed by atoms with Gasteiger partial charge in [0.05, 0.1) is 18.3 Å². The van der Waals surface area contributed by atoms with Gasteiger partial charge in [-0.3, -0.25) is 9.78 Å². The molecule has 2 aromatic heterocycles. The zero-order valence-electron chi connectivity index (χ0n) is 15.5. The molecule has 0 fully saturated rings. The smallest absolute Gasteiger partial charge is 0.227 e. The van der Waals surface area contributed by atoms with E-state index in [0.29, 0.717) is 17.1 Å². The third-order valence-corrected chi connectivity index (χ3v) is 4.55. The van der Waals surface area contributed by atoms with Crippen LogP contribution in [0.25, 0.3) is 11.0 Å². The molecule has 1 N–H and O–H groups in total. The molecule has 5 heteroatoms. The zero-order valence-corrected chi connectivity index (χ0v) is 15.5. The van der Waals surface area contributed by atoms with Crippen LogP contribution in [0.2, 0.25) is 0 Å². The average Bonchev–Trinajstić information content (AvgIpc) is 2.64. The molecule has 2 aromatic rings. The van der Waals surface area contributed by atoms with Gasteiger partial charge in [0.1, 0.15) is 5.52 Å². The number of ether oxygens (including phenoxy) is 1. The van der Waals surface area contributed by atoms with Crippen molar-refractivity contribution in [1.29, 1.82) is 0 Å². The summed E-state index contributed by atoms with van der Waals surface area (Å²) in [6.45, 7) is 4.28. The van der Waals surface area contributed by atoms with Crippen LogP contribution in [0.3, 0.4) is 0 Å². The van der Waals surface area contributed by atoms with Crippen molar-refractivity contribution < 1.29 is 9.53 Å². The number of amides is 1. The molecular formula is C20H29N3O2. The lowest BCUT2D eigenvalue weighted by Gasteiger charge is -2.16. The molecule has 1 atom stereocenters. The van der Waals surface area contributed by atoms with Gasteiger partial charge in [-0.2, -0.15) is 0 Å². The molecule has 1 unspecified atom stereocenters. The third kappa shape index (κ3) is 5.41. The van der Waals surface area contributed by atoms with E-state index >= 15 is 0 Å². The first kappa shape index (κ1) is 19.2. The molecule has 0 radical (unpaired) electrons. The summed E-state index contributed by atoms with van der Waals surface area (Å²) in [7, 11) is 1.58. The molecule has 0 saturated carbocycles. The first-order chi connectivity index (χ1) is 12.2. The van der Waals surface area contributed by atoms with E-state index in [1.165, 1.54) is 25.7 Å². The second-order valence-electron chi connectivity index (χ2n) is 6.38. The van der Waals surface area contributed by atoms with Gasteiger partial charge in [0.2, 0.25) is 11.8 Å². The van der Waals surface area contributed by atoms with Crippen molar-refractivity contribution in [1.82, 2.24) is 9.97 Å². The minimum absolute atomic E-state index is 0.0375. The molecule has 5 nitrogen and oxygen atoms in total. The number of unbranched alkanes of at least 4 members (excludes halogenated alkanes) is 4. The Morgan fingerprint density at radius 3 is 2.68 bits per heavy atom. The summed E-state index contributed by atoms with van der Waals surface area (Å²) in [6.07, 6.45) is 9.56. The Bertz CT molecular complexity index is 688. The largest absolute Gasteiger partial charge is 0.481 e. The molecule has 2 rings (SSSR count). The molecule has 0 bridgehead atoms. The Kier molecular flexibility index (Phi) is 7.64. The van der Waals surface area contributed by atoms with Crippen LogP contribution in [0.5, 0.6) is 5.88 Å². The van der Waals surface area contributed by atoms with Crippen LogP contribution >= 0.6 is 0 Å². The summed E-state index contributed by atoms with van der Waals surface area (Å²) in [5, 5.41) is 3.04. The third-order valence-electron chi connectivity index (χ3n) is 4.55. The molecule has 0 saturated heterocycles. The molecule has 0 aliphatic heterocycles. The minimum atomic E-state index is 0.0375. The van der Waals surface area contributed by atoms with Gasteiger partial charge in [-0.1, -0.05) is 46.0 Å². The fourth-order valence-electron chi connectivity index (χ4n) is 2.97. The molecule has 0 aliphatic carbocycles. The van der Waals surface area contributed by atoms with Crippen molar-refractivity contribution in [3.05, 3.63) is 24.4 Å². The van der Waals surface area contributed by atoms with Crippen LogP contribution < -0.4 is 10.1 Å². The maximum absolute atomic E-state index is 12.7. The van der Waals surface area contributed by atoms with Crippen LogP contribution in [0.15, 0.2) is 24.4 Å². The van der Waals surface area contributed by atoms with Gasteiger partial charge in [-0.15, -0.1) is 0 Å². The number of anilines is 1. The number of methoxy groups -OCH3 is 1. The zero-order chi connectivity index (χ0) is 18.1. The van der Waals surface area contributed by atoms with Crippen LogP contribution in [-0.4, -0.2) is 23.0 Å². The van der Waals surface area contributed by atoms with Crippen molar-refractivity contribution in [3.63, 3.8) is 0 Å². The van der Waals surface area contributed by atoms with Gasteiger partial charge >= 0.3 is 0 Å². The Labute approximate surface area is 150 Å². The second kappa shape index (κ2) is 9.97. The van der Waals surface area contributed by atoms with Crippen molar-refractivity contribution >= 4 is 22.6 Å². The van der Waals surface area contributed by atoms with Crippen LogP contribution in [0.4, 0.5) is 5.69 Å². The van der Waals surface area contributed by atoms with E-state index in [2.05, 4.69) is 29.1 Å². The number of nitrogens with zero attached hydrogens (tertiary/aromatic N) is 2. The Morgan fingerprint density at radius 1 is 1.16 bits per heavy atom. The first-order valence-corrected chi connectivity index (χ1v) is 9.30. The molecule has 25 heavy (non-hydrogen) atoms. The minimum Gasteiger partial charge on any atom is -0.481 e. The van der Waals surface area contributed by atoms with Crippen molar-refractivity contribution in [3.8, 4) is 5.88 Å². The SMILES string of the molecule is CCCCCCCC(CC)C(=O)Nc1ccnc2ccc(OC)nc12. The lowest BCUT2D eigenvalue weighted by atomic mass is 9.97. The first-order valence-electron chi connectivity index (χ1n) is 9.30. The standard InChI is InChI=1S/C20H29N3O2/c1-4-6-7-8-9-10-15(5-2)20(24)22-17-13-14-21-16-11-12-18(25-3)23-19(16)17/h11-15H,4-10H2,1-3H3,(H,21,22,24). The molecule has 0 aromatic carbocycles. The summed E-state index contributed by atoms with van der Waals surface area (Å²) in [5.74, 6) is 0.615. The Hall–Kier alpha value is -2.17. The average molecular weight is 343 g/mol. The van der Waals surface area contributed by atoms with Crippen LogP contribution in [-0.2, 0) is 4.79 Å². The number of fused-ring (bicyclic) bond motifs is 1. The van der Waals surface area contributed by atoms with Crippen molar-refractivity contribution in [2.24, 2.45) is 5.92 Å².